The Morgan fingerprint density at radius 1 is 1.67 bits per heavy atom. The van der Waals surface area contributed by atoms with Crippen LogP contribution < -0.4 is 0 Å². The van der Waals surface area contributed by atoms with Gasteiger partial charge < -0.3 is 4.74 Å². The van der Waals surface area contributed by atoms with E-state index in [0.29, 0.717) is 0 Å². The SMILES string of the molecule is COCCBr.[Ni]. The van der Waals surface area contributed by atoms with Crippen molar-refractivity contribution in [2.24, 2.45) is 0 Å². The van der Waals surface area contributed by atoms with Crippen LogP contribution in [0.25, 0.3) is 0 Å². The smallest absolute Gasteiger partial charge is 0.0559 e. The molecule has 0 saturated carbocycles. The van der Waals surface area contributed by atoms with Gasteiger partial charge in [-0.25, -0.2) is 0 Å². The average molecular weight is 198 g/mol. The van der Waals surface area contributed by atoms with E-state index in [4.69, 9.17) is 0 Å². The normalized spacial score (nSPS) is 7.00. The second kappa shape index (κ2) is 9.33. The quantitative estimate of drug-likeness (QED) is 0.475. The fourth-order valence-corrected chi connectivity index (χ4v) is 0.401. The first-order valence-corrected chi connectivity index (χ1v) is 2.59. The first-order chi connectivity index (χ1) is 2.41. The van der Waals surface area contributed by atoms with Gasteiger partial charge in [-0.05, 0) is 0 Å². The van der Waals surface area contributed by atoms with Gasteiger partial charge in [0.1, 0.15) is 0 Å². The van der Waals surface area contributed by atoms with E-state index in [-0.39, 0.29) is 16.5 Å². The van der Waals surface area contributed by atoms with E-state index >= 15 is 0 Å². The van der Waals surface area contributed by atoms with Crippen LogP contribution in [0.4, 0.5) is 0 Å². The molecule has 0 aliphatic carbocycles. The Morgan fingerprint density at radius 2 is 2.17 bits per heavy atom. The van der Waals surface area contributed by atoms with Crippen molar-refractivity contribution < 1.29 is 21.2 Å². The van der Waals surface area contributed by atoms with E-state index in [2.05, 4.69) is 20.7 Å². The van der Waals surface area contributed by atoms with Crippen LogP contribution in [0.3, 0.4) is 0 Å². The van der Waals surface area contributed by atoms with Crippen LogP contribution in [0.1, 0.15) is 0 Å². The van der Waals surface area contributed by atoms with E-state index in [1.807, 2.05) is 0 Å². The zero-order valence-corrected chi connectivity index (χ0v) is 6.09. The minimum Gasteiger partial charge on any atom is -0.384 e. The Hall–Kier alpha value is 0.934. The van der Waals surface area contributed by atoms with Crippen LogP contribution in [0, 0.1) is 0 Å². The average Bonchev–Trinajstić information content (AvgIpc) is 1.41. The van der Waals surface area contributed by atoms with E-state index < -0.39 is 0 Å². The number of hydrogen-bond donors (Lipinski definition) is 0. The fraction of sp³-hybridized carbons (Fsp3) is 1.00. The van der Waals surface area contributed by atoms with Crippen molar-refractivity contribution in [3.8, 4) is 0 Å². The molecule has 0 bridgehead atoms. The van der Waals surface area contributed by atoms with Gasteiger partial charge in [-0.2, -0.15) is 0 Å². The molecule has 0 heterocycles. The van der Waals surface area contributed by atoms with Crippen LogP contribution in [-0.2, 0) is 21.2 Å². The first-order valence-electron chi connectivity index (χ1n) is 1.46. The number of halogens is 1. The predicted octanol–water partition coefficient (Wildman–Crippen LogP) is 1.03. The molecule has 1 nitrogen and oxygen atoms in total. The van der Waals surface area contributed by atoms with Crippen molar-refractivity contribution in [1.82, 2.24) is 0 Å². The third-order valence-corrected chi connectivity index (χ3v) is 0.605. The van der Waals surface area contributed by atoms with Crippen molar-refractivity contribution >= 4 is 15.9 Å². The predicted molar refractivity (Wildman–Crippen MR) is 25.7 cm³/mol. The summed E-state index contributed by atoms with van der Waals surface area (Å²) in [5, 5.41) is 0.934. The molecular weight excluding hydrogens is 191 g/mol. The monoisotopic (exact) mass is 196 g/mol. The van der Waals surface area contributed by atoms with Crippen molar-refractivity contribution in [1.29, 1.82) is 0 Å². The standard InChI is InChI=1S/C3H7BrO.Ni/c1-5-3-2-4;/h2-3H2,1H3;. The molecule has 0 aromatic heterocycles. The Labute approximate surface area is 56.5 Å². The molecular formula is C3H7BrNiO. The van der Waals surface area contributed by atoms with Gasteiger partial charge >= 0.3 is 0 Å². The zero-order chi connectivity index (χ0) is 4.12. The maximum Gasteiger partial charge on any atom is 0.0559 e. The molecule has 0 aromatic carbocycles. The van der Waals surface area contributed by atoms with Crippen LogP contribution in [0.2, 0.25) is 0 Å². The molecule has 42 valence electrons. The Balaban J connectivity index is 0. The maximum atomic E-state index is 4.64. The molecule has 0 atom stereocenters. The van der Waals surface area contributed by atoms with Gasteiger partial charge in [-0.1, -0.05) is 15.9 Å². The molecule has 0 aromatic rings. The third-order valence-electron chi connectivity index (χ3n) is 0.281. The molecule has 0 rings (SSSR count). The number of hydrogen-bond acceptors (Lipinski definition) is 1. The Bertz CT molecular complexity index is 18.3. The summed E-state index contributed by atoms with van der Waals surface area (Å²) in [6.07, 6.45) is 0. The summed E-state index contributed by atoms with van der Waals surface area (Å²) in [7, 11) is 1.68. The minimum atomic E-state index is 0. The molecule has 0 unspecified atom stereocenters. The summed E-state index contributed by atoms with van der Waals surface area (Å²) in [4.78, 5) is 0. The summed E-state index contributed by atoms with van der Waals surface area (Å²) < 4.78 is 4.64. The van der Waals surface area contributed by atoms with Gasteiger partial charge in [0.2, 0.25) is 0 Å². The molecule has 0 amide bonds. The molecule has 0 N–H and O–H groups in total. The van der Waals surface area contributed by atoms with Crippen LogP contribution in [0.15, 0.2) is 0 Å². The molecule has 6 heavy (non-hydrogen) atoms. The second-order valence-electron chi connectivity index (χ2n) is 0.682. The molecule has 0 radical (unpaired) electrons. The first kappa shape index (κ1) is 10.0. The number of rotatable bonds is 2. The number of ether oxygens (including phenoxy) is 1. The van der Waals surface area contributed by atoms with Gasteiger partial charge in [0.05, 0.1) is 6.61 Å². The van der Waals surface area contributed by atoms with Crippen molar-refractivity contribution in [2.75, 3.05) is 19.0 Å². The zero-order valence-electron chi connectivity index (χ0n) is 3.52. The largest absolute Gasteiger partial charge is 0.384 e. The molecule has 0 aliphatic heterocycles. The second-order valence-corrected chi connectivity index (χ2v) is 1.47. The van der Waals surface area contributed by atoms with Crippen LogP contribution >= 0.6 is 15.9 Å². The summed E-state index contributed by atoms with van der Waals surface area (Å²) in [5.74, 6) is 0. The summed E-state index contributed by atoms with van der Waals surface area (Å²) >= 11 is 3.18. The van der Waals surface area contributed by atoms with E-state index in [9.17, 15) is 0 Å². The van der Waals surface area contributed by atoms with Gasteiger partial charge in [-0.15, -0.1) is 0 Å². The molecule has 0 aliphatic rings. The third kappa shape index (κ3) is 8.87. The van der Waals surface area contributed by atoms with Crippen molar-refractivity contribution in [3.63, 3.8) is 0 Å². The maximum absolute atomic E-state index is 4.64. The molecule has 0 fully saturated rings. The van der Waals surface area contributed by atoms with E-state index in [0.717, 1.165) is 11.9 Å². The fourth-order valence-electron chi connectivity index (χ4n) is 0.0772. The summed E-state index contributed by atoms with van der Waals surface area (Å²) in [6, 6.07) is 0. The molecule has 3 heteroatoms. The minimum absolute atomic E-state index is 0. The number of methoxy groups -OCH3 is 1. The van der Waals surface area contributed by atoms with Crippen molar-refractivity contribution in [3.05, 3.63) is 0 Å². The van der Waals surface area contributed by atoms with Gasteiger partial charge in [0.25, 0.3) is 0 Å². The van der Waals surface area contributed by atoms with Gasteiger partial charge in [-0.3, -0.25) is 0 Å². The molecule has 0 spiro atoms. The Morgan fingerprint density at radius 3 is 2.17 bits per heavy atom. The topological polar surface area (TPSA) is 9.23 Å². The van der Waals surface area contributed by atoms with Gasteiger partial charge in [0.15, 0.2) is 0 Å². The van der Waals surface area contributed by atoms with E-state index in [1.54, 1.807) is 7.11 Å². The summed E-state index contributed by atoms with van der Waals surface area (Å²) in [5.41, 5.74) is 0. The van der Waals surface area contributed by atoms with Crippen LogP contribution in [0.5, 0.6) is 0 Å². The summed E-state index contributed by atoms with van der Waals surface area (Å²) in [6.45, 7) is 0.806. The number of alkyl halides is 1. The molecule has 0 saturated heterocycles. The van der Waals surface area contributed by atoms with Crippen LogP contribution in [-0.4, -0.2) is 19.0 Å². The van der Waals surface area contributed by atoms with Crippen molar-refractivity contribution in [2.45, 2.75) is 0 Å². The van der Waals surface area contributed by atoms with Gasteiger partial charge in [0, 0.05) is 28.9 Å². The Kier molecular flexibility index (Phi) is 15.6. The van der Waals surface area contributed by atoms with E-state index in [1.165, 1.54) is 0 Å².